The second-order valence-electron chi connectivity index (χ2n) is 7.26. The molecule has 35 heavy (non-hydrogen) atoms. The van der Waals surface area contributed by atoms with Crippen LogP contribution in [0.25, 0.3) is 17.1 Å². The molecule has 0 radical (unpaired) electrons. The zero-order valence-corrected chi connectivity index (χ0v) is 20.4. The van der Waals surface area contributed by atoms with Crippen molar-refractivity contribution in [3.8, 4) is 40.1 Å². The number of benzene rings is 3. The van der Waals surface area contributed by atoms with Gasteiger partial charge in [-0.1, -0.05) is 30.0 Å². The first-order chi connectivity index (χ1) is 17.0. The van der Waals surface area contributed by atoms with Crippen LogP contribution in [-0.2, 0) is 5.75 Å². The van der Waals surface area contributed by atoms with E-state index in [0.717, 1.165) is 0 Å². The van der Waals surface area contributed by atoms with Gasteiger partial charge in [-0.3, -0.25) is 4.57 Å². The van der Waals surface area contributed by atoms with Crippen molar-refractivity contribution in [3.05, 3.63) is 71.8 Å². The average Bonchev–Trinajstić information content (AvgIpc) is 3.30. The largest absolute Gasteiger partial charge is 0.494 e. The zero-order valence-electron chi connectivity index (χ0n) is 19.5. The standard InChI is InChI=1S/C25H23F2N3O4S/c1-31-20-10-9-15(11-18(20)27)14-35-25-29-28-24(30(25)19-8-6-5-7-17(19)26)16-12-21(32-2)23(34-4)22(13-16)33-3/h5-13H,14H2,1-4H3. The van der Waals surface area contributed by atoms with Gasteiger partial charge >= 0.3 is 0 Å². The van der Waals surface area contributed by atoms with Gasteiger partial charge in [0.15, 0.2) is 34.0 Å². The minimum absolute atomic E-state index is 0.165. The van der Waals surface area contributed by atoms with E-state index in [1.807, 2.05) is 0 Å². The predicted octanol–water partition coefficient (Wildman–Crippen LogP) is 5.54. The fraction of sp³-hybridized carbons (Fsp3) is 0.200. The first-order valence-corrected chi connectivity index (χ1v) is 11.4. The summed E-state index contributed by atoms with van der Waals surface area (Å²) >= 11 is 1.30. The second kappa shape index (κ2) is 10.6. The molecule has 7 nitrogen and oxygen atoms in total. The van der Waals surface area contributed by atoms with Crippen LogP contribution in [0.2, 0.25) is 0 Å². The van der Waals surface area contributed by atoms with E-state index in [-0.39, 0.29) is 11.4 Å². The van der Waals surface area contributed by atoms with Gasteiger partial charge in [0, 0.05) is 11.3 Å². The summed E-state index contributed by atoms with van der Waals surface area (Å²) in [5.74, 6) is 1.28. The lowest BCUT2D eigenvalue weighted by Crippen LogP contribution is -2.03. The number of hydrogen-bond acceptors (Lipinski definition) is 7. The first kappa shape index (κ1) is 24.3. The first-order valence-electron chi connectivity index (χ1n) is 10.5. The monoisotopic (exact) mass is 499 g/mol. The molecule has 0 aliphatic rings. The van der Waals surface area contributed by atoms with Gasteiger partial charge in [0.1, 0.15) is 5.82 Å². The number of nitrogens with zero attached hydrogens (tertiary/aromatic N) is 3. The average molecular weight is 500 g/mol. The lowest BCUT2D eigenvalue weighted by Gasteiger charge is -2.15. The fourth-order valence-electron chi connectivity index (χ4n) is 3.56. The molecule has 0 saturated carbocycles. The van der Waals surface area contributed by atoms with E-state index in [1.54, 1.807) is 47.0 Å². The number of halogens is 2. The molecule has 4 aromatic rings. The Labute approximate surface area is 205 Å². The van der Waals surface area contributed by atoms with Crippen LogP contribution in [0, 0.1) is 11.6 Å². The minimum Gasteiger partial charge on any atom is -0.494 e. The van der Waals surface area contributed by atoms with Crippen molar-refractivity contribution in [1.29, 1.82) is 0 Å². The van der Waals surface area contributed by atoms with Crippen molar-refractivity contribution in [2.75, 3.05) is 28.4 Å². The zero-order chi connectivity index (χ0) is 24.9. The molecule has 0 aliphatic carbocycles. The molecule has 0 N–H and O–H groups in total. The molecule has 0 saturated heterocycles. The molecule has 4 rings (SSSR count). The lowest BCUT2D eigenvalue weighted by atomic mass is 10.1. The molecule has 0 amide bonds. The van der Waals surface area contributed by atoms with Gasteiger partial charge in [-0.2, -0.15) is 0 Å². The second-order valence-corrected chi connectivity index (χ2v) is 8.21. The molecular formula is C25H23F2N3O4S. The third kappa shape index (κ3) is 4.88. The van der Waals surface area contributed by atoms with Crippen molar-refractivity contribution < 1.29 is 27.7 Å². The fourth-order valence-corrected chi connectivity index (χ4v) is 4.45. The number of thioether (sulfide) groups is 1. The Kier molecular flexibility index (Phi) is 7.40. The van der Waals surface area contributed by atoms with Crippen molar-refractivity contribution in [2.45, 2.75) is 10.9 Å². The van der Waals surface area contributed by atoms with Crippen LogP contribution in [0.1, 0.15) is 5.56 Å². The maximum Gasteiger partial charge on any atom is 0.203 e. The van der Waals surface area contributed by atoms with Crippen LogP contribution in [0.5, 0.6) is 23.0 Å². The SMILES string of the molecule is COc1ccc(CSc2nnc(-c3cc(OC)c(OC)c(OC)c3)n2-c2ccccc2F)cc1F. The van der Waals surface area contributed by atoms with Crippen molar-refractivity contribution >= 4 is 11.8 Å². The van der Waals surface area contributed by atoms with E-state index in [0.29, 0.717) is 45.1 Å². The summed E-state index contributed by atoms with van der Waals surface area (Å²) in [6, 6.07) is 14.5. The summed E-state index contributed by atoms with van der Waals surface area (Å²) in [7, 11) is 5.95. The summed E-state index contributed by atoms with van der Waals surface area (Å²) in [5, 5.41) is 9.09. The van der Waals surface area contributed by atoms with Crippen LogP contribution in [0.3, 0.4) is 0 Å². The molecule has 1 heterocycles. The normalized spacial score (nSPS) is 10.8. The molecule has 0 spiro atoms. The van der Waals surface area contributed by atoms with Gasteiger partial charge in [-0.25, -0.2) is 8.78 Å². The molecule has 0 bridgehead atoms. The maximum absolute atomic E-state index is 14.9. The van der Waals surface area contributed by atoms with Crippen molar-refractivity contribution in [2.24, 2.45) is 0 Å². The van der Waals surface area contributed by atoms with Gasteiger partial charge in [-0.05, 0) is 42.0 Å². The van der Waals surface area contributed by atoms with E-state index >= 15 is 0 Å². The van der Waals surface area contributed by atoms with E-state index in [1.165, 1.54) is 52.3 Å². The number of rotatable bonds is 9. The Hall–Kier alpha value is -3.79. The van der Waals surface area contributed by atoms with Crippen LogP contribution in [0.4, 0.5) is 8.78 Å². The van der Waals surface area contributed by atoms with Crippen molar-refractivity contribution in [1.82, 2.24) is 14.8 Å². The smallest absolute Gasteiger partial charge is 0.203 e. The van der Waals surface area contributed by atoms with E-state index < -0.39 is 11.6 Å². The van der Waals surface area contributed by atoms with E-state index in [9.17, 15) is 8.78 Å². The molecular weight excluding hydrogens is 476 g/mol. The molecule has 0 unspecified atom stereocenters. The summed E-state index contributed by atoms with van der Waals surface area (Å²) in [6.45, 7) is 0. The Bertz CT molecular complexity index is 1320. The number of hydrogen-bond donors (Lipinski definition) is 0. The topological polar surface area (TPSA) is 67.6 Å². The van der Waals surface area contributed by atoms with Gasteiger partial charge < -0.3 is 18.9 Å². The van der Waals surface area contributed by atoms with Crippen LogP contribution in [0.15, 0.2) is 59.8 Å². The van der Waals surface area contributed by atoms with Crippen LogP contribution >= 0.6 is 11.8 Å². The number of para-hydroxylation sites is 1. The van der Waals surface area contributed by atoms with E-state index in [2.05, 4.69) is 10.2 Å². The summed E-state index contributed by atoms with van der Waals surface area (Å²) in [5.41, 5.74) is 1.56. The highest BCUT2D eigenvalue weighted by atomic mass is 32.2. The van der Waals surface area contributed by atoms with Gasteiger partial charge in [0.05, 0.1) is 34.1 Å². The Morgan fingerprint density at radius 1 is 0.771 bits per heavy atom. The Balaban J connectivity index is 1.80. The Morgan fingerprint density at radius 2 is 1.46 bits per heavy atom. The summed E-state index contributed by atoms with van der Waals surface area (Å²) < 4.78 is 52.0. The highest BCUT2D eigenvalue weighted by Crippen LogP contribution is 2.42. The summed E-state index contributed by atoms with van der Waals surface area (Å²) in [4.78, 5) is 0. The molecule has 1 aromatic heterocycles. The Morgan fingerprint density at radius 3 is 2.06 bits per heavy atom. The highest BCUT2D eigenvalue weighted by molar-refractivity contribution is 7.98. The van der Waals surface area contributed by atoms with Gasteiger partial charge in [-0.15, -0.1) is 10.2 Å². The third-order valence-electron chi connectivity index (χ3n) is 5.23. The minimum atomic E-state index is -0.459. The highest BCUT2D eigenvalue weighted by Gasteiger charge is 2.22. The number of aromatic nitrogens is 3. The maximum atomic E-state index is 14.9. The lowest BCUT2D eigenvalue weighted by molar-refractivity contribution is 0.324. The number of ether oxygens (including phenoxy) is 4. The molecule has 3 aromatic carbocycles. The molecule has 0 atom stereocenters. The van der Waals surface area contributed by atoms with Crippen molar-refractivity contribution in [3.63, 3.8) is 0 Å². The van der Waals surface area contributed by atoms with Gasteiger partial charge in [0.2, 0.25) is 5.75 Å². The predicted molar refractivity (Wildman–Crippen MR) is 129 cm³/mol. The number of methoxy groups -OCH3 is 4. The summed E-state index contributed by atoms with van der Waals surface area (Å²) in [6.07, 6.45) is 0. The van der Waals surface area contributed by atoms with E-state index in [4.69, 9.17) is 18.9 Å². The quantitative estimate of drug-likeness (QED) is 0.280. The van der Waals surface area contributed by atoms with Crippen LogP contribution < -0.4 is 18.9 Å². The van der Waals surface area contributed by atoms with Gasteiger partial charge in [0.25, 0.3) is 0 Å². The molecule has 10 heteroatoms. The third-order valence-corrected chi connectivity index (χ3v) is 6.23. The molecule has 0 fully saturated rings. The van der Waals surface area contributed by atoms with Crippen LogP contribution in [-0.4, -0.2) is 43.2 Å². The molecule has 0 aliphatic heterocycles. The molecule has 182 valence electrons.